The fraction of sp³-hybridized carbons (Fsp3) is 0.182. The molecule has 0 atom stereocenters. The molecule has 112 valence electrons. The number of fused-ring (bicyclic) bond motifs is 2. The predicted molar refractivity (Wildman–Crippen MR) is 94.5 cm³/mol. The second-order valence-corrected chi connectivity index (χ2v) is 6.94. The lowest BCUT2D eigenvalue weighted by molar-refractivity contribution is 0.474. The normalized spacial score (nSPS) is 17.8. The van der Waals surface area contributed by atoms with Crippen LogP contribution in [0.4, 0.5) is 0 Å². The van der Waals surface area contributed by atoms with Gasteiger partial charge in [-0.25, -0.2) is 0 Å². The summed E-state index contributed by atoms with van der Waals surface area (Å²) in [6.45, 7) is 0. The van der Waals surface area contributed by atoms with Crippen molar-refractivity contribution < 1.29 is 5.11 Å². The van der Waals surface area contributed by atoms with Crippen molar-refractivity contribution in [1.82, 2.24) is 0 Å². The SMILES string of the molecule is Oc1ccc2ccccc2c1C1=CC2(CC2)Cc2ccccc21. The molecule has 0 unspecified atom stereocenters. The quantitative estimate of drug-likeness (QED) is 0.645. The van der Waals surface area contributed by atoms with Crippen LogP contribution >= 0.6 is 0 Å². The molecular formula is C22H18O. The van der Waals surface area contributed by atoms with Gasteiger partial charge in [0, 0.05) is 5.56 Å². The highest BCUT2D eigenvalue weighted by Gasteiger charge is 2.44. The van der Waals surface area contributed by atoms with Crippen molar-refractivity contribution in [1.29, 1.82) is 0 Å². The fourth-order valence-corrected chi connectivity index (χ4v) is 3.98. The zero-order chi connectivity index (χ0) is 15.4. The van der Waals surface area contributed by atoms with Gasteiger partial charge in [-0.1, -0.05) is 60.7 Å². The van der Waals surface area contributed by atoms with Crippen molar-refractivity contribution in [2.45, 2.75) is 19.3 Å². The fourth-order valence-electron chi connectivity index (χ4n) is 3.98. The third kappa shape index (κ3) is 1.93. The van der Waals surface area contributed by atoms with E-state index in [-0.39, 0.29) is 0 Å². The number of hydrogen-bond donors (Lipinski definition) is 1. The zero-order valence-corrected chi connectivity index (χ0v) is 12.9. The Balaban J connectivity index is 1.85. The van der Waals surface area contributed by atoms with Crippen LogP contribution < -0.4 is 0 Å². The maximum absolute atomic E-state index is 10.6. The first kappa shape index (κ1) is 13.0. The van der Waals surface area contributed by atoms with Gasteiger partial charge in [0.25, 0.3) is 0 Å². The van der Waals surface area contributed by atoms with E-state index in [1.165, 1.54) is 34.9 Å². The lowest BCUT2D eigenvalue weighted by atomic mass is 9.79. The van der Waals surface area contributed by atoms with Gasteiger partial charge < -0.3 is 5.11 Å². The van der Waals surface area contributed by atoms with Crippen LogP contribution in [0.5, 0.6) is 5.75 Å². The Bertz CT molecular complexity index is 961. The van der Waals surface area contributed by atoms with Crippen LogP contribution in [0.1, 0.15) is 29.5 Å². The summed E-state index contributed by atoms with van der Waals surface area (Å²) in [5.41, 5.74) is 5.21. The molecule has 1 heteroatoms. The third-order valence-corrected chi connectivity index (χ3v) is 5.37. The van der Waals surface area contributed by atoms with Crippen molar-refractivity contribution in [2.24, 2.45) is 5.41 Å². The van der Waals surface area contributed by atoms with E-state index in [1.54, 1.807) is 0 Å². The first-order chi connectivity index (χ1) is 11.3. The van der Waals surface area contributed by atoms with Crippen molar-refractivity contribution in [2.75, 3.05) is 0 Å². The van der Waals surface area contributed by atoms with Crippen LogP contribution in [0, 0.1) is 5.41 Å². The molecule has 0 aliphatic heterocycles. The molecule has 2 aliphatic rings. The summed E-state index contributed by atoms with van der Waals surface area (Å²) in [5.74, 6) is 0.377. The molecule has 0 heterocycles. The summed E-state index contributed by atoms with van der Waals surface area (Å²) in [4.78, 5) is 0. The van der Waals surface area contributed by atoms with Crippen molar-refractivity contribution >= 4 is 16.3 Å². The van der Waals surface area contributed by atoms with Crippen LogP contribution in [0.2, 0.25) is 0 Å². The lowest BCUT2D eigenvalue weighted by Gasteiger charge is -2.25. The molecule has 0 radical (unpaired) electrons. The van der Waals surface area contributed by atoms with Crippen molar-refractivity contribution in [3.8, 4) is 5.75 Å². The van der Waals surface area contributed by atoms with Gasteiger partial charge in [0.15, 0.2) is 0 Å². The van der Waals surface area contributed by atoms with Crippen LogP contribution in [-0.2, 0) is 6.42 Å². The second kappa shape index (κ2) is 4.48. The molecule has 3 aromatic rings. The minimum absolute atomic E-state index is 0.326. The number of aromatic hydroxyl groups is 1. The molecule has 1 spiro atoms. The Morgan fingerprint density at radius 2 is 1.61 bits per heavy atom. The van der Waals surface area contributed by atoms with Gasteiger partial charge in [-0.05, 0) is 58.2 Å². The van der Waals surface area contributed by atoms with Crippen molar-refractivity contribution in [3.63, 3.8) is 0 Å². The largest absolute Gasteiger partial charge is 0.507 e. The maximum atomic E-state index is 10.6. The molecule has 1 saturated carbocycles. The van der Waals surface area contributed by atoms with Gasteiger partial charge >= 0.3 is 0 Å². The molecule has 5 rings (SSSR count). The summed E-state index contributed by atoms with van der Waals surface area (Å²) in [7, 11) is 0. The average molecular weight is 298 g/mol. The Labute approximate surface area is 135 Å². The third-order valence-electron chi connectivity index (χ3n) is 5.37. The molecule has 23 heavy (non-hydrogen) atoms. The van der Waals surface area contributed by atoms with E-state index >= 15 is 0 Å². The minimum Gasteiger partial charge on any atom is -0.507 e. The molecule has 1 N–H and O–H groups in total. The minimum atomic E-state index is 0.326. The summed E-state index contributed by atoms with van der Waals surface area (Å²) in [6, 6.07) is 20.8. The number of phenols is 1. The van der Waals surface area contributed by atoms with Gasteiger partial charge in [-0.2, -0.15) is 0 Å². The Hall–Kier alpha value is -2.54. The van der Waals surface area contributed by atoms with Crippen LogP contribution in [0.25, 0.3) is 16.3 Å². The molecule has 1 fully saturated rings. The van der Waals surface area contributed by atoms with Gasteiger partial charge in [-0.15, -0.1) is 0 Å². The Morgan fingerprint density at radius 1 is 0.826 bits per heavy atom. The summed E-state index contributed by atoms with van der Waals surface area (Å²) >= 11 is 0. The topological polar surface area (TPSA) is 20.2 Å². The van der Waals surface area contributed by atoms with Gasteiger partial charge in [0.05, 0.1) is 0 Å². The molecular weight excluding hydrogens is 280 g/mol. The van der Waals surface area contributed by atoms with Gasteiger partial charge in [0.1, 0.15) is 5.75 Å². The summed E-state index contributed by atoms with van der Waals surface area (Å²) in [6.07, 6.45) is 6.09. The van der Waals surface area contributed by atoms with E-state index in [2.05, 4.69) is 48.5 Å². The van der Waals surface area contributed by atoms with Gasteiger partial charge in [-0.3, -0.25) is 0 Å². The average Bonchev–Trinajstić information content (AvgIpc) is 3.33. The predicted octanol–water partition coefficient (Wildman–Crippen LogP) is 5.31. The van der Waals surface area contributed by atoms with Crippen LogP contribution in [0.15, 0.2) is 66.7 Å². The zero-order valence-electron chi connectivity index (χ0n) is 12.9. The summed E-state index contributed by atoms with van der Waals surface area (Å²) in [5, 5.41) is 12.9. The van der Waals surface area contributed by atoms with E-state index in [9.17, 15) is 5.11 Å². The van der Waals surface area contributed by atoms with Gasteiger partial charge in [0.2, 0.25) is 0 Å². The number of phenolic OH excluding ortho intramolecular Hbond substituents is 1. The Kier molecular flexibility index (Phi) is 2.52. The first-order valence-electron chi connectivity index (χ1n) is 8.28. The highest BCUT2D eigenvalue weighted by Crippen LogP contribution is 2.56. The van der Waals surface area contributed by atoms with Crippen molar-refractivity contribution in [3.05, 3.63) is 83.4 Å². The van der Waals surface area contributed by atoms with E-state index in [0.717, 1.165) is 17.4 Å². The maximum Gasteiger partial charge on any atom is 0.124 e. The number of allylic oxidation sites excluding steroid dienone is 1. The molecule has 0 aromatic heterocycles. The Morgan fingerprint density at radius 3 is 2.48 bits per heavy atom. The molecule has 1 nitrogen and oxygen atoms in total. The second-order valence-electron chi connectivity index (χ2n) is 6.94. The van der Waals surface area contributed by atoms with Crippen LogP contribution in [-0.4, -0.2) is 5.11 Å². The number of rotatable bonds is 1. The van der Waals surface area contributed by atoms with E-state index in [1.807, 2.05) is 18.2 Å². The van der Waals surface area contributed by atoms with Crippen LogP contribution in [0.3, 0.4) is 0 Å². The van der Waals surface area contributed by atoms with E-state index in [0.29, 0.717) is 11.2 Å². The number of benzene rings is 3. The lowest BCUT2D eigenvalue weighted by Crippen LogP contribution is -2.11. The monoisotopic (exact) mass is 298 g/mol. The molecule has 0 saturated heterocycles. The number of hydrogen-bond acceptors (Lipinski definition) is 1. The highest BCUT2D eigenvalue weighted by molar-refractivity contribution is 6.01. The first-order valence-corrected chi connectivity index (χ1v) is 8.28. The standard InChI is InChI=1S/C22H18O/c23-20-10-9-15-5-1-4-8-18(15)21(20)19-14-22(11-12-22)13-16-6-2-3-7-17(16)19/h1-10,14,23H,11-13H2. The molecule has 2 aliphatic carbocycles. The molecule has 0 amide bonds. The summed E-state index contributed by atoms with van der Waals surface area (Å²) < 4.78 is 0. The smallest absolute Gasteiger partial charge is 0.124 e. The molecule has 3 aromatic carbocycles. The molecule has 0 bridgehead atoms. The van der Waals surface area contributed by atoms with E-state index < -0.39 is 0 Å². The highest BCUT2D eigenvalue weighted by atomic mass is 16.3. The van der Waals surface area contributed by atoms with E-state index in [4.69, 9.17) is 0 Å².